The van der Waals surface area contributed by atoms with Crippen LogP contribution in [0.4, 0.5) is 5.82 Å². The van der Waals surface area contributed by atoms with Crippen LogP contribution in [0, 0.1) is 6.92 Å². The van der Waals surface area contributed by atoms with Crippen molar-refractivity contribution in [3.8, 4) is 0 Å². The molecule has 0 radical (unpaired) electrons. The highest BCUT2D eigenvalue weighted by Crippen LogP contribution is 2.10. The second-order valence-electron chi connectivity index (χ2n) is 3.41. The molecule has 1 rings (SSSR count). The molecule has 0 spiro atoms. The average molecular weight is 246 g/mol. The van der Waals surface area contributed by atoms with Gasteiger partial charge in [-0.25, -0.2) is 8.42 Å². The smallest absolute Gasteiger partial charge is 0.243 e. The van der Waals surface area contributed by atoms with E-state index in [-0.39, 0.29) is 11.6 Å². The second-order valence-corrected chi connectivity index (χ2v) is 6.02. The van der Waals surface area contributed by atoms with Crippen molar-refractivity contribution in [1.82, 2.24) is 5.16 Å². The number of rotatable bonds is 4. The summed E-state index contributed by atoms with van der Waals surface area (Å²) >= 11 is 0. The number of amides is 1. The number of hydrogen-bond acceptors (Lipinski definition) is 5. The molecular weight excluding hydrogens is 232 g/mol. The van der Waals surface area contributed by atoms with E-state index in [9.17, 15) is 13.2 Å². The summed E-state index contributed by atoms with van der Waals surface area (Å²) in [6, 6.07) is 1.52. The summed E-state index contributed by atoms with van der Waals surface area (Å²) in [5.74, 6) is 0.0940. The summed E-state index contributed by atoms with van der Waals surface area (Å²) in [6.45, 7) is 4.52. The first-order chi connectivity index (χ1) is 7.36. The van der Waals surface area contributed by atoms with E-state index in [1.54, 1.807) is 6.92 Å². The molecule has 7 heteroatoms. The summed E-state index contributed by atoms with van der Waals surface area (Å²) in [4.78, 5) is 11.6. The molecule has 6 nitrogen and oxygen atoms in total. The number of anilines is 1. The number of nitrogens with zero attached hydrogens (tertiary/aromatic N) is 1. The summed E-state index contributed by atoms with van der Waals surface area (Å²) in [7, 11) is -3.38. The molecule has 1 aromatic heterocycles. The van der Waals surface area contributed by atoms with E-state index in [1.807, 2.05) is 0 Å². The number of aromatic nitrogens is 1. The van der Waals surface area contributed by atoms with Gasteiger partial charge in [-0.1, -0.05) is 12.1 Å². The van der Waals surface area contributed by atoms with Crippen molar-refractivity contribution in [3.05, 3.63) is 11.8 Å². The van der Waals surface area contributed by atoms with Crippen molar-refractivity contribution >= 4 is 21.6 Å². The molecule has 1 unspecified atom stereocenters. The third-order valence-electron chi connectivity index (χ3n) is 2.19. The standard InChI is InChI=1S/C9H14N2O4S/c1-4-16(13,14)7(3)9(12)10-8-5-6(2)15-11-8/h5,7H,4H2,1-3H3,(H,10,11,12). The maximum Gasteiger partial charge on any atom is 0.243 e. The van der Waals surface area contributed by atoms with Gasteiger partial charge in [-0.2, -0.15) is 0 Å². The minimum Gasteiger partial charge on any atom is -0.360 e. The van der Waals surface area contributed by atoms with Gasteiger partial charge in [0.1, 0.15) is 11.0 Å². The Balaban J connectivity index is 2.73. The first kappa shape index (κ1) is 12.7. The maximum absolute atomic E-state index is 11.6. The molecule has 0 aliphatic rings. The summed E-state index contributed by atoms with van der Waals surface area (Å²) < 4.78 is 27.6. The molecule has 16 heavy (non-hydrogen) atoms. The van der Waals surface area contributed by atoms with E-state index in [0.717, 1.165) is 0 Å². The van der Waals surface area contributed by atoms with Gasteiger partial charge in [0.05, 0.1) is 0 Å². The van der Waals surface area contributed by atoms with Crippen LogP contribution >= 0.6 is 0 Å². The minimum atomic E-state index is -3.38. The number of hydrogen-bond donors (Lipinski definition) is 1. The molecule has 90 valence electrons. The summed E-state index contributed by atoms with van der Waals surface area (Å²) in [5, 5.41) is 4.84. The van der Waals surface area contributed by atoms with Crippen molar-refractivity contribution in [2.75, 3.05) is 11.1 Å². The number of aryl methyl sites for hydroxylation is 1. The van der Waals surface area contributed by atoms with Crippen molar-refractivity contribution in [1.29, 1.82) is 0 Å². The number of sulfone groups is 1. The van der Waals surface area contributed by atoms with Gasteiger partial charge in [-0.15, -0.1) is 0 Å². The van der Waals surface area contributed by atoms with Crippen LogP contribution in [-0.2, 0) is 14.6 Å². The quantitative estimate of drug-likeness (QED) is 0.846. The predicted octanol–water partition coefficient (Wildman–Crippen LogP) is 0.745. The Hall–Kier alpha value is -1.37. The molecule has 0 saturated heterocycles. The molecule has 0 aliphatic heterocycles. The lowest BCUT2D eigenvalue weighted by atomic mass is 10.4. The zero-order valence-corrected chi connectivity index (χ0v) is 10.2. The Morgan fingerprint density at radius 1 is 1.62 bits per heavy atom. The highest BCUT2D eigenvalue weighted by Gasteiger charge is 2.26. The average Bonchev–Trinajstić information content (AvgIpc) is 2.62. The van der Waals surface area contributed by atoms with E-state index in [1.165, 1.54) is 19.9 Å². The highest BCUT2D eigenvalue weighted by atomic mass is 32.2. The van der Waals surface area contributed by atoms with Gasteiger partial charge in [-0.3, -0.25) is 4.79 Å². The summed E-state index contributed by atoms with van der Waals surface area (Å²) in [5.41, 5.74) is 0. The lowest BCUT2D eigenvalue weighted by Crippen LogP contribution is -2.33. The molecule has 0 fully saturated rings. The van der Waals surface area contributed by atoms with Crippen LogP contribution < -0.4 is 5.32 Å². The maximum atomic E-state index is 11.6. The van der Waals surface area contributed by atoms with E-state index < -0.39 is 21.0 Å². The molecule has 1 amide bonds. The van der Waals surface area contributed by atoms with Gasteiger partial charge in [0.2, 0.25) is 5.91 Å². The SMILES string of the molecule is CCS(=O)(=O)C(C)C(=O)Nc1cc(C)on1. The lowest BCUT2D eigenvalue weighted by molar-refractivity contribution is -0.115. The van der Waals surface area contributed by atoms with Crippen LogP contribution in [0.5, 0.6) is 0 Å². The normalized spacial score (nSPS) is 13.4. The predicted molar refractivity (Wildman–Crippen MR) is 58.8 cm³/mol. The van der Waals surface area contributed by atoms with Crippen LogP contribution in [-0.4, -0.2) is 30.5 Å². The van der Waals surface area contributed by atoms with Gasteiger partial charge in [0.25, 0.3) is 0 Å². The molecule has 0 aromatic carbocycles. The van der Waals surface area contributed by atoms with Crippen LogP contribution in [0.2, 0.25) is 0 Å². The van der Waals surface area contributed by atoms with Crippen molar-refractivity contribution in [2.45, 2.75) is 26.0 Å². The third kappa shape index (κ3) is 2.82. The van der Waals surface area contributed by atoms with Crippen LogP contribution in [0.25, 0.3) is 0 Å². The van der Waals surface area contributed by atoms with E-state index in [4.69, 9.17) is 4.52 Å². The van der Waals surface area contributed by atoms with Crippen LogP contribution in [0.1, 0.15) is 19.6 Å². The minimum absolute atomic E-state index is 0.0700. The van der Waals surface area contributed by atoms with Gasteiger partial charge >= 0.3 is 0 Å². The van der Waals surface area contributed by atoms with Gasteiger partial charge in [-0.05, 0) is 13.8 Å². The van der Waals surface area contributed by atoms with E-state index in [2.05, 4.69) is 10.5 Å². The van der Waals surface area contributed by atoms with Crippen LogP contribution in [0.3, 0.4) is 0 Å². The monoisotopic (exact) mass is 246 g/mol. The van der Waals surface area contributed by atoms with Crippen LogP contribution in [0.15, 0.2) is 10.6 Å². The zero-order valence-electron chi connectivity index (χ0n) is 9.35. The number of carbonyl (C=O) groups excluding carboxylic acids is 1. The van der Waals surface area contributed by atoms with E-state index in [0.29, 0.717) is 5.76 Å². The topological polar surface area (TPSA) is 89.3 Å². The zero-order chi connectivity index (χ0) is 12.3. The van der Waals surface area contributed by atoms with Gasteiger partial charge < -0.3 is 9.84 Å². The molecule has 1 N–H and O–H groups in total. The van der Waals surface area contributed by atoms with Gasteiger partial charge in [0, 0.05) is 11.8 Å². The van der Waals surface area contributed by atoms with Crippen molar-refractivity contribution < 1.29 is 17.7 Å². The van der Waals surface area contributed by atoms with Crippen molar-refractivity contribution in [2.24, 2.45) is 0 Å². The fourth-order valence-corrected chi connectivity index (χ4v) is 1.95. The molecule has 1 aromatic rings. The first-order valence-corrected chi connectivity index (χ1v) is 6.54. The Kier molecular flexibility index (Phi) is 3.69. The molecule has 0 aliphatic carbocycles. The largest absolute Gasteiger partial charge is 0.360 e. The second kappa shape index (κ2) is 4.65. The Labute approximate surface area is 93.9 Å². The number of carbonyl (C=O) groups is 1. The molecule has 0 saturated carbocycles. The molecule has 0 bridgehead atoms. The van der Waals surface area contributed by atoms with E-state index >= 15 is 0 Å². The van der Waals surface area contributed by atoms with Gasteiger partial charge in [0.15, 0.2) is 15.7 Å². The third-order valence-corrected chi connectivity index (χ3v) is 4.29. The molecular formula is C9H14N2O4S. The summed E-state index contributed by atoms with van der Waals surface area (Å²) in [6.07, 6.45) is 0. The Morgan fingerprint density at radius 2 is 2.25 bits per heavy atom. The Bertz CT molecular complexity index is 477. The molecule has 1 heterocycles. The first-order valence-electron chi connectivity index (χ1n) is 4.82. The fraction of sp³-hybridized carbons (Fsp3) is 0.556. The fourth-order valence-electron chi connectivity index (χ4n) is 1.07. The number of nitrogens with one attached hydrogen (secondary N) is 1. The molecule has 1 atom stereocenters. The Morgan fingerprint density at radius 3 is 2.69 bits per heavy atom. The van der Waals surface area contributed by atoms with Crippen molar-refractivity contribution in [3.63, 3.8) is 0 Å². The lowest BCUT2D eigenvalue weighted by Gasteiger charge is -2.09. The highest BCUT2D eigenvalue weighted by molar-refractivity contribution is 7.92.